The SMILES string of the molecule is CCC1CCC(C)N1c1c(F)cccc1CO. The first-order valence-corrected chi connectivity index (χ1v) is 6.35. The lowest BCUT2D eigenvalue weighted by atomic mass is 10.1. The molecule has 1 fully saturated rings. The number of halogens is 1. The van der Waals surface area contributed by atoms with E-state index in [1.54, 1.807) is 12.1 Å². The number of rotatable bonds is 3. The number of aliphatic hydroxyl groups is 1. The first-order valence-electron chi connectivity index (χ1n) is 6.35. The molecule has 94 valence electrons. The van der Waals surface area contributed by atoms with Crippen molar-refractivity contribution >= 4 is 5.69 Å². The Kier molecular flexibility index (Phi) is 3.67. The fourth-order valence-electron chi connectivity index (χ4n) is 2.85. The molecule has 0 aliphatic carbocycles. The molecule has 2 unspecified atom stereocenters. The number of benzene rings is 1. The lowest BCUT2D eigenvalue weighted by Crippen LogP contribution is -2.35. The van der Waals surface area contributed by atoms with Gasteiger partial charge in [-0.3, -0.25) is 0 Å². The summed E-state index contributed by atoms with van der Waals surface area (Å²) in [5.41, 5.74) is 1.30. The van der Waals surface area contributed by atoms with Crippen molar-refractivity contribution in [2.24, 2.45) is 0 Å². The minimum atomic E-state index is -0.219. The zero-order valence-corrected chi connectivity index (χ0v) is 10.5. The summed E-state index contributed by atoms with van der Waals surface area (Å²) >= 11 is 0. The summed E-state index contributed by atoms with van der Waals surface area (Å²) in [7, 11) is 0. The van der Waals surface area contributed by atoms with Gasteiger partial charge in [0.1, 0.15) is 5.82 Å². The van der Waals surface area contributed by atoms with Gasteiger partial charge in [-0.25, -0.2) is 4.39 Å². The van der Waals surface area contributed by atoms with Crippen molar-refractivity contribution in [2.45, 2.75) is 51.8 Å². The average Bonchev–Trinajstić information content (AvgIpc) is 2.70. The Balaban J connectivity index is 2.44. The van der Waals surface area contributed by atoms with Crippen molar-refractivity contribution in [3.05, 3.63) is 29.6 Å². The first-order chi connectivity index (χ1) is 8.19. The number of para-hydroxylation sites is 1. The highest BCUT2D eigenvalue weighted by molar-refractivity contribution is 5.57. The number of hydrogen-bond donors (Lipinski definition) is 1. The second-order valence-corrected chi connectivity index (χ2v) is 4.80. The number of aliphatic hydroxyl groups excluding tert-OH is 1. The van der Waals surface area contributed by atoms with Crippen LogP contribution < -0.4 is 4.90 Å². The highest BCUT2D eigenvalue weighted by Gasteiger charge is 2.32. The van der Waals surface area contributed by atoms with E-state index < -0.39 is 0 Å². The highest BCUT2D eigenvalue weighted by atomic mass is 19.1. The predicted molar refractivity (Wildman–Crippen MR) is 67.6 cm³/mol. The van der Waals surface area contributed by atoms with Crippen molar-refractivity contribution in [3.8, 4) is 0 Å². The maximum absolute atomic E-state index is 14.0. The van der Waals surface area contributed by atoms with E-state index in [1.807, 2.05) is 0 Å². The van der Waals surface area contributed by atoms with Gasteiger partial charge in [-0.1, -0.05) is 19.1 Å². The van der Waals surface area contributed by atoms with Crippen molar-refractivity contribution < 1.29 is 9.50 Å². The van der Waals surface area contributed by atoms with E-state index >= 15 is 0 Å². The van der Waals surface area contributed by atoms with Crippen LogP contribution in [0.1, 0.15) is 38.7 Å². The lowest BCUT2D eigenvalue weighted by molar-refractivity contribution is 0.281. The minimum absolute atomic E-state index is 0.104. The Labute approximate surface area is 102 Å². The van der Waals surface area contributed by atoms with E-state index in [9.17, 15) is 9.50 Å². The number of nitrogens with zero attached hydrogens (tertiary/aromatic N) is 1. The van der Waals surface area contributed by atoms with Crippen molar-refractivity contribution in [1.82, 2.24) is 0 Å². The summed E-state index contributed by atoms with van der Waals surface area (Å²) in [6.45, 7) is 4.16. The van der Waals surface area contributed by atoms with Gasteiger partial charge in [-0.2, -0.15) is 0 Å². The Morgan fingerprint density at radius 3 is 2.82 bits per heavy atom. The maximum atomic E-state index is 14.0. The molecule has 17 heavy (non-hydrogen) atoms. The van der Waals surface area contributed by atoms with Crippen LogP contribution in [0, 0.1) is 5.82 Å². The topological polar surface area (TPSA) is 23.5 Å². The third-order valence-electron chi connectivity index (χ3n) is 3.76. The molecule has 0 saturated carbocycles. The quantitative estimate of drug-likeness (QED) is 0.873. The van der Waals surface area contributed by atoms with Crippen molar-refractivity contribution in [1.29, 1.82) is 0 Å². The smallest absolute Gasteiger partial charge is 0.146 e. The third-order valence-corrected chi connectivity index (χ3v) is 3.76. The monoisotopic (exact) mass is 237 g/mol. The van der Waals surface area contributed by atoms with Gasteiger partial charge in [0.2, 0.25) is 0 Å². The molecule has 2 nitrogen and oxygen atoms in total. The van der Waals surface area contributed by atoms with Crippen LogP contribution in [-0.2, 0) is 6.61 Å². The Hall–Kier alpha value is -1.09. The molecule has 1 aromatic rings. The molecule has 1 aliphatic heterocycles. The minimum Gasteiger partial charge on any atom is -0.392 e. The summed E-state index contributed by atoms with van der Waals surface area (Å²) in [5, 5.41) is 9.36. The Bertz CT molecular complexity index is 394. The van der Waals surface area contributed by atoms with Gasteiger partial charge >= 0.3 is 0 Å². The van der Waals surface area contributed by atoms with Gasteiger partial charge in [0.05, 0.1) is 12.3 Å². The van der Waals surface area contributed by atoms with Crippen molar-refractivity contribution in [3.63, 3.8) is 0 Å². The van der Waals surface area contributed by atoms with Crippen LogP contribution in [0.4, 0.5) is 10.1 Å². The standard InChI is InChI=1S/C14H20FNO/c1-3-12-8-7-10(2)16(12)14-11(9-17)5-4-6-13(14)15/h4-6,10,12,17H,3,7-9H2,1-2H3. The average molecular weight is 237 g/mol. The summed E-state index contributed by atoms with van der Waals surface area (Å²) in [4.78, 5) is 2.15. The zero-order chi connectivity index (χ0) is 12.4. The van der Waals surface area contributed by atoms with Gasteiger partial charge in [0.25, 0.3) is 0 Å². The van der Waals surface area contributed by atoms with Gasteiger partial charge in [0.15, 0.2) is 0 Å². The van der Waals surface area contributed by atoms with Crippen LogP contribution in [-0.4, -0.2) is 17.2 Å². The molecule has 0 bridgehead atoms. The second-order valence-electron chi connectivity index (χ2n) is 4.80. The van der Waals surface area contributed by atoms with E-state index in [2.05, 4.69) is 18.7 Å². The molecular weight excluding hydrogens is 217 g/mol. The first kappa shape index (κ1) is 12.4. The predicted octanol–water partition coefficient (Wildman–Crippen LogP) is 3.09. The summed E-state index contributed by atoms with van der Waals surface area (Å²) < 4.78 is 14.0. The van der Waals surface area contributed by atoms with E-state index in [1.165, 1.54) is 6.07 Å². The van der Waals surface area contributed by atoms with Crippen LogP contribution >= 0.6 is 0 Å². The van der Waals surface area contributed by atoms with Crippen molar-refractivity contribution in [2.75, 3.05) is 4.90 Å². The third kappa shape index (κ3) is 2.16. The van der Waals surface area contributed by atoms with Gasteiger partial charge in [0, 0.05) is 17.6 Å². The fourth-order valence-corrected chi connectivity index (χ4v) is 2.85. The Morgan fingerprint density at radius 2 is 2.18 bits per heavy atom. The van der Waals surface area contributed by atoms with E-state index in [4.69, 9.17) is 0 Å². The largest absolute Gasteiger partial charge is 0.392 e. The Morgan fingerprint density at radius 1 is 1.41 bits per heavy atom. The summed E-state index contributed by atoms with van der Waals surface area (Å²) in [6.07, 6.45) is 3.22. The number of anilines is 1. The van der Waals surface area contributed by atoms with E-state index in [0.717, 1.165) is 19.3 Å². The van der Waals surface area contributed by atoms with Crippen LogP contribution in [0.2, 0.25) is 0 Å². The molecule has 0 spiro atoms. The molecule has 1 saturated heterocycles. The molecule has 2 rings (SSSR count). The van der Waals surface area contributed by atoms with Crippen LogP contribution in [0.25, 0.3) is 0 Å². The lowest BCUT2D eigenvalue weighted by Gasteiger charge is -2.32. The molecule has 0 aromatic heterocycles. The number of hydrogen-bond acceptors (Lipinski definition) is 2. The van der Waals surface area contributed by atoms with Crippen LogP contribution in [0.15, 0.2) is 18.2 Å². The molecular formula is C14H20FNO. The molecule has 3 heteroatoms. The molecule has 1 heterocycles. The maximum Gasteiger partial charge on any atom is 0.146 e. The summed E-state index contributed by atoms with van der Waals surface area (Å²) in [6, 6.07) is 5.68. The second kappa shape index (κ2) is 5.05. The fraction of sp³-hybridized carbons (Fsp3) is 0.571. The zero-order valence-electron chi connectivity index (χ0n) is 10.5. The van der Waals surface area contributed by atoms with E-state index in [0.29, 0.717) is 23.3 Å². The van der Waals surface area contributed by atoms with Gasteiger partial charge in [-0.15, -0.1) is 0 Å². The van der Waals surface area contributed by atoms with Gasteiger partial charge < -0.3 is 10.0 Å². The highest BCUT2D eigenvalue weighted by Crippen LogP contribution is 2.35. The molecule has 1 N–H and O–H groups in total. The van der Waals surface area contributed by atoms with Gasteiger partial charge in [-0.05, 0) is 32.3 Å². The molecule has 1 aliphatic rings. The summed E-state index contributed by atoms with van der Waals surface area (Å²) in [5.74, 6) is -0.219. The molecule has 2 atom stereocenters. The molecule has 0 radical (unpaired) electrons. The normalized spacial score (nSPS) is 24.4. The van der Waals surface area contributed by atoms with Crippen LogP contribution in [0.5, 0.6) is 0 Å². The molecule has 0 amide bonds. The van der Waals surface area contributed by atoms with Crippen LogP contribution in [0.3, 0.4) is 0 Å². The molecule has 1 aromatic carbocycles. The van der Waals surface area contributed by atoms with E-state index in [-0.39, 0.29) is 12.4 Å².